The minimum Gasteiger partial charge on any atom is -0.320 e. The van der Waals surface area contributed by atoms with Crippen molar-refractivity contribution in [3.05, 3.63) is 12.2 Å². The van der Waals surface area contributed by atoms with Gasteiger partial charge in [-0.3, -0.25) is 0 Å². The summed E-state index contributed by atoms with van der Waals surface area (Å²) in [6.07, 6.45) is 1.74. The van der Waals surface area contributed by atoms with Crippen LogP contribution in [0.4, 0.5) is 0 Å². The number of nitrogens with one attached hydrogen (secondary N) is 1. The molecule has 1 saturated carbocycles. The summed E-state index contributed by atoms with van der Waals surface area (Å²) in [6, 6.07) is 0.571. The van der Waals surface area contributed by atoms with E-state index in [9.17, 15) is 0 Å². The van der Waals surface area contributed by atoms with Gasteiger partial charge in [0, 0.05) is 13.1 Å². The molecule has 0 amide bonds. The Hall–Kier alpha value is -0.900. The van der Waals surface area contributed by atoms with Crippen molar-refractivity contribution < 1.29 is 0 Å². The summed E-state index contributed by atoms with van der Waals surface area (Å²) in [5.41, 5.74) is 0.761. The molecular weight excluding hydrogens is 188 g/mol. The van der Waals surface area contributed by atoms with Gasteiger partial charge in [-0.2, -0.15) is 0 Å². The molecule has 1 aliphatic rings. The van der Waals surface area contributed by atoms with Crippen LogP contribution in [0.2, 0.25) is 0 Å². The molecule has 0 aliphatic heterocycles. The summed E-state index contributed by atoms with van der Waals surface area (Å²) in [7, 11) is 1.97. The van der Waals surface area contributed by atoms with Gasteiger partial charge in [0.2, 0.25) is 0 Å². The minimum absolute atomic E-state index is 0.381. The Morgan fingerprint density at radius 1 is 1.33 bits per heavy atom. The van der Waals surface area contributed by atoms with Crippen molar-refractivity contribution in [2.24, 2.45) is 17.9 Å². The third-order valence-electron chi connectivity index (χ3n) is 4.29. The van der Waals surface area contributed by atoms with Gasteiger partial charge in [0.05, 0.1) is 6.54 Å². The van der Waals surface area contributed by atoms with Gasteiger partial charge in [-0.1, -0.05) is 27.7 Å². The molecule has 0 radical (unpaired) electrons. The molecule has 84 valence electrons. The number of rotatable bonds is 3. The Labute approximate surface area is 91.1 Å². The number of aromatic nitrogens is 3. The maximum atomic E-state index is 4.06. The van der Waals surface area contributed by atoms with Gasteiger partial charge in [-0.05, 0) is 10.8 Å². The molecule has 0 spiro atoms. The molecule has 4 heteroatoms. The monoisotopic (exact) mass is 208 g/mol. The van der Waals surface area contributed by atoms with Crippen molar-refractivity contribution in [1.29, 1.82) is 0 Å². The second kappa shape index (κ2) is 3.04. The first-order valence-electron chi connectivity index (χ1n) is 5.43. The summed E-state index contributed by atoms with van der Waals surface area (Å²) in [4.78, 5) is 0. The van der Waals surface area contributed by atoms with E-state index in [4.69, 9.17) is 0 Å². The lowest BCUT2D eigenvalue weighted by Crippen LogP contribution is -2.23. The van der Waals surface area contributed by atoms with E-state index < -0.39 is 0 Å². The predicted octanol–water partition coefficient (Wildman–Crippen LogP) is 1.34. The highest BCUT2D eigenvalue weighted by atomic mass is 15.3. The standard InChI is InChI=1S/C11H20N4/c1-10(2)9(11(10,3)4)12-6-8-14-13-7-15(8)5/h7,9,12H,6H2,1-5H3. The molecule has 1 N–H and O–H groups in total. The van der Waals surface area contributed by atoms with Gasteiger partial charge >= 0.3 is 0 Å². The summed E-state index contributed by atoms with van der Waals surface area (Å²) in [6.45, 7) is 10.0. The van der Waals surface area contributed by atoms with E-state index in [1.165, 1.54) is 0 Å². The summed E-state index contributed by atoms with van der Waals surface area (Å²) in [5, 5.41) is 11.5. The van der Waals surface area contributed by atoms with Gasteiger partial charge in [0.1, 0.15) is 12.2 Å². The zero-order valence-corrected chi connectivity index (χ0v) is 10.2. The van der Waals surface area contributed by atoms with Crippen LogP contribution in [0.15, 0.2) is 6.33 Å². The van der Waals surface area contributed by atoms with Gasteiger partial charge in [-0.15, -0.1) is 10.2 Å². The van der Waals surface area contributed by atoms with Crippen molar-refractivity contribution in [2.45, 2.75) is 40.3 Å². The Kier molecular flexibility index (Phi) is 2.15. The molecule has 0 bridgehead atoms. The number of hydrogen-bond donors (Lipinski definition) is 1. The first kappa shape index (κ1) is 10.6. The lowest BCUT2D eigenvalue weighted by atomic mass is 10.0. The van der Waals surface area contributed by atoms with Crippen molar-refractivity contribution in [1.82, 2.24) is 20.1 Å². The van der Waals surface area contributed by atoms with Gasteiger partial charge in [0.15, 0.2) is 0 Å². The molecule has 0 aromatic carbocycles. The van der Waals surface area contributed by atoms with Crippen LogP contribution in [0.3, 0.4) is 0 Å². The van der Waals surface area contributed by atoms with E-state index in [2.05, 4.69) is 43.2 Å². The normalized spacial score (nSPS) is 23.0. The van der Waals surface area contributed by atoms with Gasteiger partial charge in [-0.25, -0.2) is 0 Å². The third kappa shape index (κ3) is 1.47. The first-order chi connectivity index (χ1) is 6.87. The van der Waals surface area contributed by atoms with E-state index in [1.807, 2.05) is 11.6 Å². The zero-order chi connectivity index (χ0) is 11.3. The summed E-state index contributed by atoms with van der Waals surface area (Å²) >= 11 is 0. The molecule has 1 fully saturated rings. The maximum Gasteiger partial charge on any atom is 0.146 e. The summed E-state index contributed by atoms with van der Waals surface area (Å²) < 4.78 is 1.95. The van der Waals surface area contributed by atoms with E-state index in [1.54, 1.807) is 6.33 Å². The minimum atomic E-state index is 0.381. The van der Waals surface area contributed by atoms with Crippen molar-refractivity contribution >= 4 is 0 Å². The molecule has 2 rings (SSSR count). The molecule has 1 aromatic heterocycles. The largest absolute Gasteiger partial charge is 0.320 e. The number of nitrogens with zero attached hydrogens (tertiary/aromatic N) is 3. The quantitative estimate of drug-likeness (QED) is 0.815. The second-order valence-electron chi connectivity index (χ2n) is 5.62. The fourth-order valence-electron chi connectivity index (χ4n) is 2.37. The highest BCUT2D eigenvalue weighted by molar-refractivity contribution is 5.17. The van der Waals surface area contributed by atoms with Crippen LogP contribution in [-0.2, 0) is 13.6 Å². The number of aryl methyl sites for hydroxylation is 1. The molecule has 0 unspecified atom stereocenters. The van der Waals surface area contributed by atoms with Gasteiger partial charge < -0.3 is 9.88 Å². The Balaban J connectivity index is 1.94. The summed E-state index contributed by atoms with van der Waals surface area (Å²) in [5.74, 6) is 0.994. The molecule has 1 heterocycles. The van der Waals surface area contributed by atoms with Crippen LogP contribution < -0.4 is 5.32 Å². The fraction of sp³-hybridized carbons (Fsp3) is 0.818. The topological polar surface area (TPSA) is 42.7 Å². The Morgan fingerprint density at radius 3 is 2.33 bits per heavy atom. The van der Waals surface area contributed by atoms with Gasteiger partial charge in [0.25, 0.3) is 0 Å². The zero-order valence-electron chi connectivity index (χ0n) is 10.2. The van der Waals surface area contributed by atoms with E-state index >= 15 is 0 Å². The molecular formula is C11H20N4. The van der Waals surface area contributed by atoms with Crippen LogP contribution in [0.1, 0.15) is 33.5 Å². The van der Waals surface area contributed by atoms with Crippen LogP contribution in [-0.4, -0.2) is 20.8 Å². The SMILES string of the molecule is Cn1cnnc1CNC1C(C)(C)C1(C)C. The van der Waals surface area contributed by atoms with E-state index in [-0.39, 0.29) is 0 Å². The maximum absolute atomic E-state index is 4.06. The molecule has 15 heavy (non-hydrogen) atoms. The smallest absolute Gasteiger partial charge is 0.146 e. The van der Waals surface area contributed by atoms with Crippen molar-refractivity contribution in [3.63, 3.8) is 0 Å². The van der Waals surface area contributed by atoms with Crippen molar-refractivity contribution in [3.8, 4) is 0 Å². The molecule has 1 aliphatic carbocycles. The molecule has 0 atom stereocenters. The number of hydrogen-bond acceptors (Lipinski definition) is 3. The van der Waals surface area contributed by atoms with Crippen LogP contribution >= 0.6 is 0 Å². The predicted molar refractivity (Wildman–Crippen MR) is 59.2 cm³/mol. The van der Waals surface area contributed by atoms with Crippen LogP contribution in [0, 0.1) is 10.8 Å². The van der Waals surface area contributed by atoms with Crippen molar-refractivity contribution in [2.75, 3.05) is 0 Å². The third-order valence-corrected chi connectivity index (χ3v) is 4.29. The molecule has 4 nitrogen and oxygen atoms in total. The highest BCUT2D eigenvalue weighted by Gasteiger charge is 2.64. The molecule has 1 aromatic rings. The Bertz CT molecular complexity index is 350. The fourth-order valence-corrected chi connectivity index (χ4v) is 2.37. The highest BCUT2D eigenvalue weighted by Crippen LogP contribution is 2.62. The lowest BCUT2D eigenvalue weighted by molar-refractivity contribution is 0.457. The molecule has 0 saturated heterocycles. The average Bonchev–Trinajstić information content (AvgIpc) is 2.49. The van der Waals surface area contributed by atoms with E-state index in [0.29, 0.717) is 16.9 Å². The lowest BCUT2D eigenvalue weighted by Gasteiger charge is -2.05. The second-order valence-corrected chi connectivity index (χ2v) is 5.62. The first-order valence-corrected chi connectivity index (χ1v) is 5.43. The van der Waals surface area contributed by atoms with E-state index in [0.717, 1.165) is 12.4 Å². The average molecular weight is 208 g/mol. The van der Waals surface area contributed by atoms with Crippen LogP contribution in [0.25, 0.3) is 0 Å². The van der Waals surface area contributed by atoms with Crippen LogP contribution in [0.5, 0.6) is 0 Å². The Morgan fingerprint density at radius 2 is 1.93 bits per heavy atom.